The van der Waals surface area contributed by atoms with Crippen LogP contribution in [-0.2, 0) is 16.1 Å². The molecule has 1 amide bonds. The molecule has 2 saturated heterocycles. The smallest absolute Gasteiger partial charge is 0.227 e. The predicted octanol–water partition coefficient (Wildman–Crippen LogP) is 1.80. The van der Waals surface area contributed by atoms with E-state index in [1.807, 2.05) is 32.2 Å². The maximum Gasteiger partial charge on any atom is 0.227 e. The zero-order chi connectivity index (χ0) is 18.9. The molecule has 2 aliphatic rings. The summed E-state index contributed by atoms with van der Waals surface area (Å²) in [7, 11) is 0. The highest BCUT2D eigenvalue weighted by Gasteiger charge is 2.42. The van der Waals surface area contributed by atoms with Crippen LogP contribution in [0.5, 0.6) is 0 Å². The van der Waals surface area contributed by atoms with Gasteiger partial charge in [-0.15, -0.1) is 10.2 Å². The largest absolute Gasteiger partial charge is 0.381 e. The molecule has 27 heavy (non-hydrogen) atoms. The summed E-state index contributed by atoms with van der Waals surface area (Å²) < 4.78 is 7.72. The highest BCUT2D eigenvalue weighted by molar-refractivity contribution is 5.76. The molecule has 0 saturated carbocycles. The summed E-state index contributed by atoms with van der Waals surface area (Å²) in [5, 5.41) is 11.9. The first kappa shape index (κ1) is 18.0. The average molecular weight is 372 g/mol. The van der Waals surface area contributed by atoms with Crippen molar-refractivity contribution in [1.82, 2.24) is 25.1 Å². The van der Waals surface area contributed by atoms with E-state index in [1.54, 1.807) is 0 Å². The number of ether oxygens (including phenoxy) is 1. The molecule has 4 heterocycles. The quantitative estimate of drug-likeness (QED) is 0.807. The van der Waals surface area contributed by atoms with Crippen molar-refractivity contribution in [3.8, 4) is 11.5 Å². The Morgan fingerprint density at radius 3 is 3.00 bits per heavy atom. The third kappa shape index (κ3) is 3.71. The van der Waals surface area contributed by atoms with E-state index in [0.717, 1.165) is 56.6 Å². The molecule has 2 aliphatic heterocycles. The standard InChI is InChI=1S/C19H28N6O2/c1-14(2)21-16(26)5-9-25-17(15-4-3-8-20-15)22-23-18(25)24-10-6-19(12-24)7-11-27-13-19/h3-4,8,14,20H,5-7,9-13H2,1-2H3,(H,21,26). The molecule has 146 valence electrons. The molecule has 0 aromatic carbocycles. The summed E-state index contributed by atoms with van der Waals surface area (Å²) in [6.45, 7) is 8.06. The number of H-pyrrole nitrogens is 1. The molecular formula is C19H28N6O2. The molecule has 2 fully saturated rings. The van der Waals surface area contributed by atoms with Crippen LogP contribution in [0.4, 0.5) is 5.95 Å². The number of rotatable bonds is 6. The lowest BCUT2D eigenvalue weighted by atomic mass is 9.87. The summed E-state index contributed by atoms with van der Waals surface area (Å²) in [5.74, 6) is 1.67. The van der Waals surface area contributed by atoms with Crippen LogP contribution < -0.4 is 10.2 Å². The number of aromatic nitrogens is 4. The minimum atomic E-state index is 0.0455. The molecule has 0 aliphatic carbocycles. The highest BCUT2D eigenvalue weighted by atomic mass is 16.5. The lowest BCUT2D eigenvalue weighted by molar-refractivity contribution is -0.121. The zero-order valence-electron chi connectivity index (χ0n) is 16.1. The Labute approximate surface area is 159 Å². The molecule has 8 heteroatoms. The Morgan fingerprint density at radius 2 is 2.30 bits per heavy atom. The zero-order valence-corrected chi connectivity index (χ0v) is 16.1. The third-order valence-electron chi connectivity index (χ3n) is 5.49. The molecule has 8 nitrogen and oxygen atoms in total. The number of hydrogen-bond donors (Lipinski definition) is 2. The van der Waals surface area contributed by atoms with Gasteiger partial charge in [0.15, 0.2) is 5.82 Å². The van der Waals surface area contributed by atoms with Crippen LogP contribution in [0.2, 0.25) is 0 Å². The Kier molecular flexibility index (Phi) is 4.90. The summed E-state index contributed by atoms with van der Waals surface area (Å²) in [4.78, 5) is 17.7. The van der Waals surface area contributed by atoms with E-state index in [9.17, 15) is 4.79 Å². The molecule has 1 spiro atoms. The SMILES string of the molecule is CC(C)NC(=O)CCn1c(-c2ccc[nH]2)nnc1N1CCC2(CCOC2)C1. The first-order valence-corrected chi connectivity index (χ1v) is 9.75. The van der Waals surface area contributed by atoms with E-state index in [2.05, 4.69) is 30.0 Å². The highest BCUT2D eigenvalue weighted by Crippen LogP contribution is 2.40. The van der Waals surface area contributed by atoms with Gasteiger partial charge in [-0.25, -0.2) is 0 Å². The van der Waals surface area contributed by atoms with Gasteiger partial charge in [-0.05, 0) is 38.8 Å². The minimum absolute atomic E-state index is 0.0455. The summed E-state index contributed by atoms with van der Waals surface area (Å²) in [5.41, 5.74) is 1.16. The Bertz CT molecular complexity index is 776. The fourth-order valence-electron chi connectivity index (χ4n) is 4.09. The van der Waals surface area contributed by atoms with Gasteiger partial charge in [-0.2, -0.15) is 0 Å². The van der Waals surface area contributed by atoms with Crippen LogP contribution >= 0.6 is 0 Å². The fourth-order valence-corrected chi connectivity index (χ4v) is 4.09. The number of anilines is 1. The Morgan fingerprint density at radius 1 is 1.41 bits per heavy atom. The Balaban J connectivity index is 1.57. The number of carbonyl (C=O) groups is 1. The van der Waals surface area contributed by atoms with Gasteiger partial charge >= 0.3 is 0 Å². The van der Waals surface area contributed by atoms with Crippen LogP contribution in [0.15, 0.2) is 18.3 Å². The maximum atomic E-state index is 12.2. The van der Waals surface area contributed by atoms with Crippen LogP contribution in [-0.4, -0.2) is 58.0 Å². The molecule has 4 rings (SSSR count). The molecule has 1 unspecified atom stereocenters. The van der Waals surface area contributed by atoms with Crippen molar-refractivity contribution in [1.29, 1.82) is 0 Å². The van der Waals surface area contributed by atoms with Gasteiger partial charge in [-0.3, -0.25) is 9.36 Å². The van der Waals surface area contributed by atoms with Crippen LogP contribution in [0.25, 0.3) is 11.5 Å². The first-order chi connectivity index (χ1) is 13.1. The summed E-state index contributed by atoms with van der Waals surface area (Å²) >= 11 is 0. The Hall–Kier alpha value is -2.35. The van der Waals surface area contributed by atoms with E-state index < -0.39 is 0 Å². The van der Waals surface area contributed by atoms with E-state index >= 15 is 0 Å². The lowest BCUT2D eigenvalue weighted by Gasteiger charge is -2.23. The number of amides is 1. The fraction of sp³-hybridized carbons (Fsp3) is 0.632. The molecule has 0 radical (unpaired) electrons. The van der Waals surface area contributed by atoms with Crippen molar-refractivity contribution < 1.29 is 9.53 Å². The van der Waals surface area contributed by atoms with Gasteiger partial charge in [-0.1, -0.05) is 0 Å². The van der Waals surface area contributed by atoms with E-state index in [-0.39, 0.29) is 17.4 Å². The van der Waals surface area contributed by atoms with Crippen LogP contribution in [0, 0.1) is 5.41 Å². The second-order valence-corrected chi connectivity index (χ2v) is 8.01. The van der Waals surface area contributed by atoms with Gasteiger partial charge in [0, 0.05) is 50.3 Å². The van der Waals surface area contributed by atoms with Crippen molar-refractivity contribution in [2.45, 2.75) is 45.7 Å². The number of hydrogen-bond acceptors (Lipinski definition) is 5. The minimum Gasteiger partial charge on any atom is -0.381 e. The normalized spacial score (nSPS) is 22.3. The molecule has 2 aromatic heterocycles. The van der Waals surface area contributed by atoms with E-state index in [0.29, 0.717) is 13.0 Å². The van der Waals surface area contributed by atoms with Gasteiger partial charge in [0.25, 0.3) is 0 Å². The molecular weight excluding hydrogens is 344 g/mol. The van der Waals surface area contributed by atoms with Crippen molar-refractivity contribution in [2.24, 2.45) is 5.41 Å². The average Bonchev–Trinajstić information content (AvgIpc) is 3.41. The molecule has 0 bridgehead atoms. The first-order valence-electron chi connectivity index (χ1n) is 9.75. The topological polar surface area (TPSA) is 88.1 Å². The molecule has 1 atom stereocenters. The van der Waals surface area contributed by atoms with Gasteiger partial charge < -0.3 is 19.9 Å². The second-order valence-electron chi connectivity index (χ2n) is 8.01. The molecule has 2 aromatic rings. The van der Waals surface area contributed by atoms with Crippen LogP contribution in [0.1, 0.15) is 33.1 Å². The van der Waals surface area contributed by atoms with Gasteiger partial charge in [0.1, 0.15) is 0 Å². The maximum absolute atomic E-state index is 12.2. The van der Waals surface area contributed by atoms with Crippen molar-refractivity contribution in [3.63, 3.8) is 0 Å². The summed E-state index contributed by atoms with van der Waals surface area (Å²) in [6, 6.07) is 4.07. The van der Waals surface area contributed by atoms with Gasteiger partial charge in [0.2, 0.25) is 11.9 Å². The number of nitrogens with one attached hydrogen (secondary N) is 2. The van der Waals surface area contributed by atoms with E-state index in [1.165, 1.54) is 0 Å². The van der Waals surface area contributed by atoms with Crippen molar-refractivity contribution >= 4 is 11.9 Å². The van der Waals surface area contributed by atoms with Crippen molar-refractivity contribution in [3.05, 3.63) is 18.3 Å². The van der Waals surface area contributed by atoms with E-state index in [4.69, 9.17) is 4.74 Å². The lowest BCUT2D eigenvalue weighted by Crippen LogP contribution is -2.32. The number of aromatic amines is 1. The van der Waals surface area contributed by atoms with Gasteiger partial charge in [0.05, 0.1) is 12.3 Å². The van der Waals surface area contributed by atoms with Crippen molar-refractivity contribution in [2.75, 3.05) is 31.2 Å². The predicted molar refractivity (Wildman–Crippen MR) is 102 cm³/mol. The number of nitrogens with zero attached hydrogens (tertiary/aromatic N) is 4. The molecule has 2 N–H and O–H groups in total. The second kappa shape index (κ2) is 7.34. The summed E-state index contributed by atoms with van der Waals surface area (Å²) in [6.07, 6.45) is 4.50. The monoisotopic (exact) mass is 372 g/mol. The number of carbonyl (C=O) groups excluding carboxylic acids is 1. The third-order valence-corrected chi connectivity index (χ3v) is 5.49. The van der Waals surface area contributed by atoms with Crippen LogP contribution in [0.3, 0.4) is 0 Å².